The summed E-state index contributed by atoms with van der Waals surface area (Å²) < 4.78 is 1.86. The molecule has 0 aromatic carbocycles. The van der Waals surface area contributed by atoms with E-state index >= 15 is 0 Å². The Morgan fingerprint density at radius 2 is 2.29 bits per heavy atom. The second kappa shape index (κ2) is 4.94. The predicted octanol–water partition coefficient (Wildman–Crippen LogP) is 2.52. The lowest BCUT2D eigenvalue weighted by atomic mass is 10.1. The minimum atomic E-state index is 0.167. The molecule has 1 atom stereocenters. The Morgan fingerprint density at radius 1 is 1.57 bits per heavy atom. The first-order valence-electron chi connectivity index (χ1n) is 5.23. The van der Waals surface area contributed by atoms with Gasteiger partial charge < -0.3 is 0 Å². The van der Waals surface area contributed by atoms with Crippen LogP contribution in [0, 0.1) is 5.92 Å². The Morgan fingerprint density at radius 3 is 2.86 bits per heavy atom. The van der Waals surface area contributed by atoms with Gasteiger partial charge >= 0.3 is 0 Å². The molecule has 0 fully saturated rings. The lowest BCUT2D eigenvalue weighted by molar-refractivity contribution is 0.0988. The number of Topliss-reactive ketones (excluding diaryl/α,β-unsaturated/α-hetero) is 1. The van der Waals surface area contributed by atoms with Crippen molar-refractivity contribution in [1.29, 1.82) is 0 Å². The van der Waals surface area contributed by atoms with Gasteiger partial charge in [0.1, 0.15) is 0 Å². The molecule has 0 aliphatic carbocycles. The summed E-state index contributed by atoms with van der Waals surface area (Å²) in [4.78, 5) is 11.3. The summed E-state index contributed by atoms with van der Waals surface area (Å²) in [5, 5.41) is 4.17. The van der Waals surface area contributed by atoms with E-state index in [0.29, 0.717) is 12.3 Å². The molecule has 0 bridgehead atoms. The maximum absolute atomic E-state index is 11.3. The largest absolute Gasteiger partial charge is 0.294 e. The van der Waals surface area contributed by atoms with Gasteiger partial charge in [0, 0.05) is 19.2 Å². The molecule has 3 nitrogen and oxygen atoms in total. The maximum Gasteiger partial charge on any atom is 0.165 e. The van der Waals surface area contributed by atoms with E-state index in [2.05, 4.69) is 18.9 Å². The standard InChI is InChI=1S/C11H18N2O/c1-4-9(3)7-13-8-10(6-12-13)11(14)5-2/h6,8-9H,4-5,7H2,1-3H3. The first-order chi connectivity index (χ1) is 6.67. The van der Waals surface area contributed by atoms with Gasteiger partial charge in [-0.3, -0.25) is 9.48 Å². The third-order valence-corrected chi connectivity index (χ3v) is 2.47. The van der Waals surface area contributed by atoms with Gasteiger partial charge in [0.2, 0.25) is 0 Å². The molecule has 0 spiro atoms. The summed E-state index contributed by atoms with van der Waals surface area (Å²) in [6.45, 7) is 7.11. The van der Waals surface area contributed by atoms with Crippen molar-refractivity contribution in [1.82, 2.24) is 9.78 Å². The van der Waals surface area contributed by atoms with E-state index in [9.17, 15) is 4.79 Å². The Labute approximate surface area is 85.1 Å². The minimum absolute atomic E-state index is 0.167. The molecule has 0 saturated heterocycles. The highest BCUT2D eigenvalue weighted by Crippen LogP contribution is 2.07. The van der Waals surface area contributed by atoms with Gasteiger partial charge in [-0.25, -0.2) is 0 Å². The van der Waals surface area contributed by atoms with E-state index in [1.54, 1.807) is 6.20 Å². The van der Waals surface area contributed by atoms with Crippen LogP contribution in [0.25, 0.3) is 0 Å². The van der Waals surface area contributed by atoms with E-state index in [-0.39, 0.29) is 5.78 Å². The topological polar surface area (TPSA) is 34.9 Å². The van der Waals surface area contributed by atoms with Crippen molar-refractivity contribution in [3.8, 4) is 0 Å². The first kappa shape index (κ1) is 11.0. The van der Waals surface area contributed by atoms with Crippen LogP contribution in [-0.2, 0) is 6.54 Å². The van der Waals surface area contributed by atoms with Crippen LogP contribution >= 0.6 is 0 Å². The van der Waals surface area contributed by atoms with Gasteiger partial charge in [-0.05, 0) is 5.92 Å². The lowest BCUT2D eigenvalue weighted by Crippen LogP contribution is -2.06. The quantitative estimate of drug-likeness (QED) is 0.675. The van der Waals surface area contributed by atoms with Crippen molar-refractivity contribution in [2.24, 2.45) is 5.92 Å². The molecular weight excluding hydrogens is 176 g/mol. The normalized spacial score (nSPS) is 12.8. The second-order valence-electron chi connectivity index (χ2n) is 3.74. The van der Waals surface area contributed by atoms with E-state index in [1.807, 2.05) is 17.8 Å². The van der Waals surface area contributed by atoms with Crippen LogP contribution in [0.1, 0.15) is 44.0 Å². The molecule has 1 unspecified atom stereocenters. The number of nitrogens with zero attached hydrogens (tertiary/aromatic N) is 2. The highest BCUT2D eigenvalue weighted by atomic mass is 16.1. The molecule has 0 N–H and O–H groups in total. The van der Waals surface area contributed by atoms with Gasteiger partial charge in [-0.15, -0.1) is 0 Å². The average molecular weight is 194 g/mol. The Bertz CT molecular complexity index is 304. The molecule has 1 aromatic heterocycles. The molecule has 1 rings (SSSR count). The van der Waals surface area contributed by atoms with E-state index in [0.717, 1.165) is 18.5 Å². The van der Waals surface area contributed by atoms with E-state index < -0.39 is 0 Å². The zero-order valence-electron chi connectivity index (χ0n) is 9.16. The summed E-state index contributed by atoms with van der Waals surface area (Å²) >= 11 is 0. The van der Waals surface area contributed by atoms with E-state index in [4.69, 9.17) is 0 Å². The SMILES string of the molecule is CCC(=O)c1cnn(CC(C)CC)c1. The minimum Gasteiger partial charge on any atom is -0.294 e. The Balaban J connectivity index is 2.63. The fourth-order valence-electron chi connectivity index (χ4n) is 1.26. The summed E-state index contributed by atoms with van der Waals surface area (Å²) in [5.41, 5.74) is 0.732. The molecule has 0 saturated carbocycles. The third kappa shape index (κ3) is 2.69. The van der Waals surface area contributed by atoms with Crippen LogP contribution in [-0.4, -0.2) is 15.6 Å². The lowest BCUT2D eigenvalue weighted by Gasteiger charge is -2.07. The molecular formula is C11H18N2O. The van der Waals surface area contributed by atoms with Crippen molar-refractivity contribution in [2.45, 2.75) is 40.2 Å². The molecule has 1 aromatic rings. The second-order valence-corrected chi connectivity index (χ2v) is 3.74. The number of rotatable bonds is 5. The van der Waals surface area contributed by atoms with Crippen LogP contribution in [0.4, 0.5) is 0 Å². The van der Waals surface area contributed by atoms with Crippen LogP contribution in [0.2, 0.25) is 0 Å². The van der Waals surface area contributed by atoms with Crippen molar-refractivity contribution >= 4 is 5.78 Å². The average Bonchev–Trinajstić information content (AvgIpc) is 2.65. The van der Waals surface area contributed by atoms with Crippen LogP contribution in [0.3, 0.4) is 0 Å². The fraction of sp³-hybridized carbons (Fsp3) is 0.636. The molecule has 78 valence electrons. The maximum atomic E-state index is 11.3. The molecule has 0 aliphatic heterocycles. The highest BCUT2D eigenvalue weighted by Gasteiger charge is 2.07. The van der Waals surface area contributed by atoms with Crippen molar-refractivity contribution in [3.05, 3.63) is 18.0 Å². The van der Waals surface area contributed by atoms with Gasteiger partial charge in [-0.1, -0.05) is 27.2 Å². The van der Waals surface area contributed by atoms with Gasteiger partial charge in [0.05, 0.1) is 11.8 Å². The molecule has 0 radical (unpaired) electrons. The monoisotopic (exact) mass is 194 g/mol. The van der Waals surface area contributed by atoms with Crippen molar-refractivity contribution in [3.63, 3.8) is 0 Å². The number of aromatic nitrogens is 2. The Hall–Kier alpha value is -1.12. The summed E-state index contributed by atoms with van der Waals surface area (Å²) in [6.07, 6.45) is 5.19. The molecule has 3 heteroatoms. The number of hydrogen-bond donors (Lipinski definition) is 0. The summed E-state index contributed by atoms with van der Waals surface area (Å²) in [5.74, 6) is 0.778. The van der Waals surface area contributed by atoms with Crippen LogP contribution in [0.15, 0.2) is 12.4 Å². The molecule has 1 heterocycles. The summed E-state index contributed by atoms with van der Waals surface area (Å²) in [6, 6.07) is 0. The first-order valence-corrected chi connectivity index (χ1v) is 5.23. The van der Waals surface area contributed by atoms with Crippen LogP contribution < -0.4 is 0 Å². The Kier molecular flexibility index (Phi) is 3.86. The van der Waals surface area contributed by atoms with Crippen molar-refractivity contribution < 1.29 is 4.79 Å². The predicted molar refractivity (Wildman–Crippen MR) is 56.3 cm³/mol. The number of carbonyl (C=O) groups is 1. The van der Waals surface area contributed by atoms with Crippen LogP contribution in [0.5, 0.6) is 0 Å². The van der Waals surface area contributed by atoms with Gasteiger partial charge in [0.25, 0.3) is 0 Å². The van der Waals surface area contributed by atoms with Gasteiger partial charge in [-0.2, -0.15) is 5.10 Å². The number of hydrogen-bond acceptors (Lipinski definition) is 2. The van der Waals surface area contributed by atoms with Gasteiger partial charge in [0.15, 0.2) is 5.78 Å². The number of ketones is 1. The fourth-order valence-corrected chi connectivity index (χ4v) is 1.26. The highest BCUT2D eigenvalue weighted by molar-refractivity contribution is 5.95. The molecule has 14 heavy (non-hydrogen) atoms. The number of carbonyl (C=O) groups excluding carboxylic acids is 1. The zero-order valence-corrected chi connectivity index (χ0v) is 9.16. The van der Waals surface area contributed by atoms with E-state index in [1.165, 1.54) is 0 Å². The molecule has 0 aliphatic rings. The smallest absolute Gasteiger partial charge is 0.165 e. The summed E-state index contributed by atoms with van der Waals surface area (Å²) in [7, 11) is 0. The van der Waals surface area contributed by atoms with Crippen molar-refractivity contribution in [2.75, 3.05) is 0 Å². The zero-order chi connectivity index (χ0) is 10.6. The molecule has 0 amide bonds. The third-order valence-electron chi connectivity index (χ3n) is 2.47.